The molecule has 0 saturated heterocycles. The highest BCUT2D eigenvalue weighted by Gasteiger charge is 2.34. The lowest BCUT2D eigenvalue weighted by Crippen LogP contribution is -2.50. The van der Waals surface area contributed by atoms with E-state index in [1.54, 1.807) is 0 Å². The Balaban J connectivity index is 1.80. The fourth-order valence-corrected chi connectivity index (χ4v) is 2.84. The van der Waals surface area contributed by atoms with Crippen LogP contribution in [0.15, 0.2) is 0 Å². The van der Waals surface area contributed by atoms with E-state index in [0.717, 1.165) is 19.1 Å². The molecule has 0 aromatic rings. The van der Waals surface area contributed by atoms with Gasteiger partial charge in [-0.2, -0.15) is 0 Å². The van der Waals surface area contributed by atoms with Gasteiger partial charge in [0.05, 0.1) is 5.60 Å². The third kappa shape index (κ3) is 4.89. The van der Waals surface area contributed by atoms with E-state index in [2.05, 4.69) is 26.1 Å². The molecule has 2 aliphatic carbocycles. The molecule has 0 bridgehead atoms. The van der Waals surface area contributed by atoms with Crippen molar-refractivity contribution in [2.24, 2.45) is 5.92 Å². The van der Waals surface area contributed by atoms with Gasteiger partial charge in [-0.1, -0.05) is 32.1 Å². The average Bonchev–Trinajstić information content (AvgIpc) is 3.11. The maximum Gasteiger partial charge on any atom is 0.0806 e. The first-order valence-corrected chi connectivity index (χ1v) is 7.88. The minimum atomic E-state index is 0.139. The van der Waals surface area contributed by atoms with Gasteiger partial charge in [0.15, 0.2) is 0 Å². The highest BCUT2D eigenvalue weighted by atomic mass is 16.5. The van der Waals surface area contributed by atoms with Crippen molar-refractivity contribution in [3.8, 4) is 0 Å². The van der Waals surface area contributed by atoms with E-state index in [1.807, 2.05) is 0 Å². The Morgan fingerprint density at radius 3 is 2.33 bits per heavy atom. The summed E-state index contributed by atoms with van der Waals surface area (Å²) in [5.41, 5.74) is 0.338. The Bertz CT molecular complexity index is 246. The van der Waals surface area contributed by atoms with Crippen LogP contribution in [0.2, 0.25) is 0 Å². The Morgan fingerprint density at radius 2 is 1.78 bits per heavy atom. The summed E-state index contributed by atoms with van der Waals surface area (Å²) in [5, 5.41) is 3.66. The summed E-state index contributed by atoms with van der Waals surface area (Å²) in [6.07, 6.45) is 10.7. The van der Waals surface area contributed by atoms with Gasteiger partial charge in [0.2, 0.25) is 0 Å². The molecule has 0 atom stereocenters. The van der Waals surface area contributed by atoms with Gasteiger partial charge in [-0.3, -0.25) is 0 Å². The van der Waals surface area contributed by atoms with E-state index >= 15 is 0 Å². The molecule has 0 unspecified atom stereocenters. The van der Waals surface area contributed by atoms with Crippen molar-refractivity contribution in [2.75, 3.05) is 13.2 Å². The molecule has 0 radical (unpaired) electrons. The highest BCUT2D eigenvalue weighted by molar-refractivity contribution is 4.89. The molecule has 2 saturated carbocycles. The normalized spacial score (nSPS) is 24.2. The molecule has 18 heavy (non-hydrogen) atoms. The molecule has 0 amide bonds. The molecule has 2 rings (SSSR count). The predicted octanol–water partition coefficient (Wildman–Crippen LogP) is 3.89. The Kier molecular flexibility index (Phi) is 4.71. The van der Waals surface area contributed by atoms with Crippen LogP contribution >= 0.6 is 0 Å². The third-order valence-electron chi connectivity index (χ3n) is 4.34. The van der Waals surface area contributed by atoms with Crippen LogP contribution in [-0.2, 0) is 4.74 Å². The van der Waals surface area contributed by atoms with E-state index in [1.165, 1.54) is 51.4 Å². The van der Waals surface area contributed by atoms with E-state index in [4.69, 9.17) is 4.74 Å². The first-order chi connectivity index (χ1) is 8.49. The number of hydrogen-bond donors (Lipinski definition) is 1. The molecule has 1 N–H and O–H groups in total. The first-order valence-electron chi connectivity index (χ1n) is 7.88. The maximum absolute atomic E-state index is 6.35. The fourth-order valence-electron chi connectivity index (χ4n) is 2.84. The van der Waals surface area contributed by atoms with Crippen molar-refractivity contribution in [1.82, 2.24) is 5.32 Å². The largest absolute Gasteiger partial charge is 0.374 e. The topological polar surface area (TPSA) is 21.3 Å². The van der Waals surface area contributed by atoms with Crippen molar-refractivity contribution in [1.29, 1.82) is 0 Å². The standard InChI is InChI=1S/C16H31NO/c1-15(2,3)17-13-16(10-5-4-6-11-16)18-12-9-14-7-8-14/h14,17H,4-13H2,1-3H3. The predicted molar refractivity (Wildman–Crippen MR) is 76.9 cm³/mol. The number of ether oxygens (including phenoxy) is 1. The second-order valence-corrected chi connectivity index (χ2v) is 7.43. The molecule has 106 valence electrons. The summed E-state index contributed by atoms with van der Waals surface area (Å²) < 4.78 is 6.35. The molecule has 0 aromatic carbocycles. The van der Waals surface area contributed by atoms with E-state index in [0.29, 0.717) is 0 Å². The molecular weight excluding hydrogens is 222 g/mol. The molecule has 2 fully saturated rings. The van der Waals surface area contributed by atoms with Crippen molar-refractivity contribution in [3.05, 3.63) is 0 Å². The van der Waals surface area contributed by atoms with Crippen LogP contribution < -0.4 is 5.32 Å². The monoisotopic (exact) mass is 253 g/mol. The molecule has 2 heteroatoms. The lowest BCUT2D eigenvalue weighted by molar-refractivity contribution is -0.0731. The van der Waals surface area contributed by atoms with Crippen LogP contribution in [0.3, 0.4) is 0 Å². The lowest BCUT2D eigenvalue weighted by Gasteiger charge is -2.39. The molecule has 0 aliphatic heterocycles. The molecule has 0 spiro atoms. The van der Waals surface area contributed by atoms with Gasteiger partial charge < -0.3 is 10.1 Å². The van der Waals surface area contributed by atoms with Crippen molar-refractivity contribution in [2.45, 2.75) is 83.3 Å². The second-order valence-electron chi connectivity index (χ2n) is 7.43. The second kappa shape index (κ2) is 5.92. The maximum atomic E-state index is 6.35. The number of hydrogen-bond acceptors (Lipinski definition) is 2. The summed E-state index contributed by atoms with van der Waals surface area (Å²) in [4.78, 5) is 0. The Morgan fingerprint density at radius 1 is 1.11 bits per heavy atom. The molecular formula is C16H31NO. The zero-order valence-corrected chi connectivity index (χ0v) is 12.6. The van der Waals surface area contributed by atoms with Crippen molar-refractivity contribution >= 4 is 0 Å². The van der Waals surface area contributed by atoms with Crippen LogP contribution in [0.5, 0.6) is 0 Å². The van der Waals surface area contributed by atoms with Gasteiger partial charge >= 0.3 is 0 Å². The number of nitrogens with one attached hydrogen (secondary N) is 1. The van der Waals surface area contributed by atoms with Crippen molar-refractivity contribution < 1.29 is 4.74 Å². The third-order valence-corrected chi connectivity index (χ3v) is 4.34. The SMILES string of the molecule is CC(C)(C)NCC1(OCCC2CC2)CCCCC1. The summed E-state index contributed by atoms with van der Waals surface area (Å²) in [6, 6.07) is 0. The fraction of sp³-hybridized carbons (Fsp3) is 1.00. The van der Waals surface area contributed by atoms with E-state index in [-0.39, 0.29) is 11.1 Å². The quantitative estimate of drug-likeness (QED) is 0.775. The highest BCUT2D eigenvalue weighted by Crippen LogP contribution is 2.35. The smallest absolute Gasteiger partial charge is 0.0806 e. The zero-order chi connectivity index (χ0) is 13.1. The van der Waals surface area contributed by atoms with Crippen LogP contribution in [0.4, 0.5) is 0 Å². The van der Waals surface area contributed by atoms with Crippen LogP contribution in [0.25, 0.3) is 0 Å². The van der Waals surface area contributed by atoms with Gasteiger partial charge in [-0.05, 0) is 46.0 Å². The van der Waals surface area contributed by atoms with Gasteiger partial charge in [-0.15, -0.1) is 0 Å². The first kappa shape index (κ1) is 14.3. The van der Waals surface area contributed by atoms with Gasteiger partial charge in [0.1, 0.15) is 0 Å². The summed E-state index contributed by atoms with van der Waals surface area (Å²) >= 11 is 0. The van der Waals surface area contributed by atoms with E-state index in [9.17, 15) is 0 Å². The zero-order valence-electron chi connectivity index (χ0n) is 12.6. The average molecular weight is 253 g/mol. The summed E-state index contributed by atoms with van der Waals surface area (Å²) in [6.45, 7) is 8.74. The van der Waals surface area contributed by atoms with Crippen molar-refractivity contribution in [3.63, 3.8) is 0 Å². The van der Waals surface area contributed by atoms with Crippen LogP contribution in [-0.4, -0.2) is 24.3 Å². The summed E-state index contributed by atoms with van der Waals surface area (Å²) in [7, 11) is 0. The minimum Gasteiger partial charge on any atom is -0.374 e. The molecule has 0 aromatic heterocycles. The van der Waals surface area contributed by atoms with Gasteiger partial charge in [0.25, 0.3) is 0 Å². The Labute approximate surface area is 113 Å². The summed E-state index contributed by atoms with van der Waals surface area (Å²) in [5.74, 6) is 0.987. The molecule has 2 aliphatic rings. The van der Waals surface area contributed by atoms with Gasteiger partial charge in [0, 0.05) is 18.7 Å². The number of rotatable bonds is 6. The van der Waals surface area contributed by atoms with E-state index < -0.39 is 0 Å². The van der Waals surface area contributed by atoms with Crippen LogP contribution in [0.1, 0.15) is 72.1 Å². The van der Waals surface area contributed by atoms with Crippen LogP contribution in [0, 0.1) is 5.92 Å². The Hall–Kier alpha value is -0.0800. The lowest BCUT2D eigenvalue weighted by atomic mass is 9.84. The van der Waals surface area contributed by atoms with Gasteiger partial charge in [-0.25, -0.2) is 0 Å². The minimum absolute atomic E-state index is 0.139. The molecule has 2 nitrogen and oxygen atoms in total. The molecule has 0 heterocycles.